The van der Waals surface area contributed by atoms with Crippen molar-refractivity contribution in [3.8, 4) is 0 Å². The van der Waals surface area contributed by atoms with E-state index in [1.165, 1.54) is 70.0 Å². The van der Waals surface area contributed by atoms with Crippen LogP contribution in [-0.4, -0.2) is 18.1 Å². The standard InChI is InChI=1S/C14H31NS/c1-3-4-5-6-7-8-9-10-11-14(15)12-13-16-2/h14H,3-13,15H2,1-2H3. The smallest absolute Gasteiger partial charge is 0.00466 e. The van der Waals surface area contributed by atoms with Crippen molar-refractivity contribution in [1.29, 1.82) is 0 Å². The van der Waals surface area contributed by atoms with Crippen LogP contribution in [0.2, 0.25) is 0 Å². The lowest BCUT2D eigenvalue weighted by atomic mass is 10.0. The van der Waals surface area contributed by atoms with Gasteiger partial charge in [0.2, 0.25) is 0 Å². The molecule has 0 aromatic rings. The Kier molecular flexibility index (Phi) is 13.6. The van der Waals surface area contributed by atoms with E-state index in [2.05, 4.69) is 13.2 Å². The van der Waals surface area contributed by atoms with Crippen LogP contribution >= 0.6 is 11.8 Å². The summed E-state index contributed by atoms with van der Waals surface area (Å²) in [5.41, 5.74) is 6.03. The maximum absolute atomic E-state index is 6.03. The Balaban J connectivity index is 3.02. The average molecular weight is 245 g/mol. The first kappa shape index (κ1) is 16.3. The predicted octanol–water partition coefficient (Wildman–Crippen LogP) is 4.60. The molecule has 0 heterocycles. The molecule has 1 nitrogen and oxygen atoms in total. The lowest BCUT2D eigenvalue weighted by molar-refractivity contribution is 0.521. The SMILES string of the molecule is CCCCCCCCCCC(N)CCSC. The molecule has 0 aliphatic rings. The van der Waals surface area contributed by atoms with Gasteiger partial charge in [-0.1, -0.05) is 58.3 Å². The highest BCUT2D eigenvalue weighted by molar-refractivity contribution is 7.98. The van der Waals surface area contributed by atoms with Gasteiger partial charge in [0, 0.05) is 6.04 Å². The Morgan fingerprint density at radius 2 is 1.44 bits per heavy atom. The zero-order valence-corrected chi connectivity index (χ0v) is 12.2. The van der Waals surface area contributed by atoms with E-state index < -0.39 is 0 Å². The van der Waals surface area contributed by atoms with Gasteiger partial charge in [-0.2, -0.15) is 11.8 Å². The number of nitrogens with two attached hydrogens (primary N) is 1. The molecule has 0 aliphatic heterocycles. The number of hydrogen-bond acceptors (Lipinski definition) is 2. The van der Waals surface area contributed by atoms with Crippen molar-refractivity contribution in [3.05, 3.63) is 0 Å². The minimum Gasteiger partial charge on any atom is -0.328 e. The third-order valence-electron chi connectivity index (χ3n) is 3.12. The fourth-order valence-corrected chi connectivity index (χ4v) is 2.49. The van der Waals surface area contributed by atoms with Gasteiger partial charge in [-0.3, -0.25) is 0 Å². The monoisotopic (exact) mass is 245 g/mol. The molecule has 0 saturated heterocycles. The van der Waals surface area contributed by atoms with Crippen molar-refractivity contribution in [3.63, 3.8) is 0 Å². The summed E-state index contributed by atoms with van der Waals surface area (Å²) in [7, 11) is 0. The maximum Gasteiger partial charge on any atom is 0.00466 e. The van der Waals surface area contributed by atoms with E-state index in [1.54, 1.807) is 0 Å². The van der Waals surface area contributed by atoms with Crippen LogP contribution in [0.25, 0.3) is 0 Å². The Hall–Kier alpha value is 0.310. The Labute approximate surface area is 107 Å². The van der Waals surface area contributed by atoms with Crippen LogP contribution in [0.1, 0.15) is 71.1 Å². The van der Waals surface area contributed by atoms with Crippen molar-refractivity contribution in [2.75, 3.05) is 12.0 Å². The summed E-state index contributed by atoms with van der Waals surface area (Å²) in [6.45, 7) is 2.27. The van der Waals surface area contributed by atoms with Gasteiger partial charge in [0.05, 0.1) is 0 Å². The molecule has 0 aromatic carbocycles. The maximum atomic E-state index is 6.03. The van der Waals surface area contributed by atoms with E-state index in [9.17, 15) is 0 Å². The number of hydrogen-bond donors (Lipinski definition) is 1. The van der Waals surface area contributed by atoms with Crippen LogP contribution in [0, 0.1) is 0 Å². The van der Waals surface area contributed by atoms with Crippen molar-refractivity contribution >= 4 is 11.8 Å². The molecule has 0 radical (unpaired) electrons. The summed E-state index contributed by atoms with van der Waals surface area (Å²) in [5, 5.41) is 0. The molecular formula is C14H31NS. The summed E-state index contributed by atoms with van der Waals surface area (Å²) < 4.78 is 0. The number of unbranched alkanes of at least 4 members (excludes halogenated alkanes) is 7. The Bertz CT molecular complexity index is 128. The first-order valence-electron chi connectivity index (χ1n) is 7.05. The van der Waals surface area contributed by atoms with Crippen molar-refractivity contribution in [1.82, 2.24) is 0 Å². The average Bonchev–Trinajstić information content (AvgIpc) is 2.30. The third kappa shape index (κ3) is 12.4. The first-order chi connectivity index (χ1) is 7.81. The highest BCUT2D eigenvalue weighted by Crippen LogP contribution is 2.11. The van der Waals surface area contributed by atoms with Crippen LogP contribution < -0.4 is 5.73 Å². The fraction of sp³-hybridized carbons (Fsp3) is 1.00. The summed E-state index contributed by atoms with van der Waals surface area (Å²) in [6.07, 6.45) is 15.8. The van der Waals surface area contributed by atoms with Crippen molar-refractivity contribution in [2.24, 2.45) is 5.73 Å². The number of rotatable bonds is 12. The molecule has 0 aromatic heterocycles. The zero-order chi connectivity index (χ0) is 12.1. The molecule has 98 valence electrons. The topological polar surface area (TPSA) is 26.0 Å². The van der Waals surface area contributed by atoms with E-state index in [0.717, 1.165) is 0 Å². The van der Waals surface area contributed by atoms with Gasteiger partial charge in [0.25, 0.3) is 0 Å². The third-order valence-corrected chi connectivity index (χ3v) is 3.77. The molecule has 0 rings (SSSR count). The fourth-order valence-electron chi connectivity index (χ4n) is 1.95. The highest BCUT2D eigenvalue weighted by atomic mass is 32.2. The van der Waals surface area contributed by atoms with Crippen LogP contribution in [0.3, 0.4) is 0 Å². The molecule has 1 unspecified atom stereocenters. The van der Waals surface area contributed by atoms with Gasteiger partial charge in [0.15, 0.2) is 0 Å². The predicted molar refractivity (Wildman–Crippen MR) is 78.2 cm³/mol. The lowest BCUT2D eigenvalue weighted by Gasteiger charge is -2.10. The minimum absolute atomic E-state index is 0.451. The van der Waals surface area contributed by atoms with Crippen LogP contribution in [0.4, 0.5) is 0 Å². The summed E-state index contributed by atoms with van der Waals surface area (Å²) in [4.78, 5) is 0. The van der Waals surface area contributed by atoms with Gasteiger partial charge in [0.1, 0.15) is 0 Å². The Morgan fingerprint density at radius 1 is 0.875 bits per heavy atom. The summed E-state index contributed by atoms with van der Waals surface area (Å²) >= 11 is 1.90. The van der Waals surface area contributed by atoms with Gasteiger partial charge in [-0.05, 0) is 24.9 Å². The second-order valence-corrected chi connectivity index (χ2v) is 5.79. The largest absolute Gasteiger partial charge is 0.328 e. The molecule has 16 heavy (non-hydrogen) atoms. The van der Waals surface area contributed by atoms with Gasteiger partial charge in [-0.25, -0.2) is 0 Å². The van der Waals surface area contributed by atoms with Gasteiger partial charge >= 0.3 is 0 Å². The molecule has 0 bridgehead atoms. The molecule has 1 atom stereocenters. The van der Waals surface area contributed by atoms with Crippen molar-refractivity contribution < 1.29 is 0 Å². The van der Waals surface area contributed by atoms with Gasteiger partial charge < -0.3 is 5.73 Å². The summed E-state index contributed by atoms with van der Waals surface area (Å²) in [6, 6.07) is 0.451. The zero-order valence-electron chi connectivity index (χ0n) is 11.3. The van der Waals surface area contributed by atoms with E-state index in [-0.39, 0.29) is 0 Å². The van der Waals surface area contributed by atoms with E-state index >= 15 is 0 Å². The highest BCUT2D eigenvalue weighted by Gasteiger charge is 2.01. The van der Waals surface area contributed by atoms with E-state index in [0.29, 0.717) is 6.04 Å². The quantitative estimate of drug-likeness (QED) is 0.509. The first-order valence-corrected chi connectivity index (χ1v) is 8.45. The van der Waals surface area contributed by atoms with Crippen LogP contribution in [-0.2, 0) is 0 Å². The molecule has 0 saturated carbocycles. The molecular weight excluding hydrogens is 214 g/mol. The minimum atomic E-state index is 0.451. The molecule has 0 fully saturated rings. The van der Waals surface area contributed by atoms with Crippen LogP contribution in [0.5, 0.6) is 0 Å². The molecule has 2 heteroatoms. The lowest BCUT2D eigenvalue weighted by Crippen LogP contribution is -2.20. The van der Waals surface area contributed by atoms with E-state index in [1.807, 2.05) is 11.8 Å². The second kappa shape index (κ2) is 13.4. The molecule has 0 aliphatic carbocycles. The molecule has 0 spiro atoms. The van der Waals surface area contributed by atoms with Gasteiger partial charge in [-0.15, -0.1) is 0 Å². The normalized spacial score (nSPS) is 12.9. The Morgan fingerprint density at radius 3 is 2.00 bits per heavy atom. The molecule has 2 N–H and O–H groups in total. The van der Waals surface area contributed by atoms with Crippen LogP contribution in [0.15, 0.2) is 0 Å². The second-order valence-electron chi connectivity index (χ2n) is 4.81. The van der Waals surface area contributed by atoms with E-state index in [4.69, 9.17) is 5.73 Å². The number of thioether (sulfide) groups is 1. The van der Waals surface area contributed by atoms with Crippen molar-refractivity contribution in [2.45, 2.75) is 77.2 Å². The summed E-state index contributed by atoms with van der Waals surface area (Å²) in [5.74, 6) is 1.22. The molecule has 0 amide bonds.